The third-order valence-corrected chi connectivity index (χ3v) is 6.33. The highest BCUT2D eigenvalue weighted by molar-refractivity contribution is 5.72. The van der Waals surface area contributed by atoms with Gasteiger partial charge in [0.2, 0.25) is 0 Å². The smallest absolute Gasteiger partial charge is 0.410 e. The molecule has 1 unspecified atom stereocenters. The Balaban J connectivity index is 1.58. The van der Waals surface area contributed by atoms with Crippen molar-refractivity contribution in [1.82, 2.24) is 14.9 Å². The van der Waals surface area contributed by atoms with Crippen LogP contribution in [0.3, 0.4) is 0 Å². The van der Waals surface area contributed by atoms with Crippen molar-refractivity contribution in [3.63, 3.8) is 0 Å². The van der Waals surface area contributed by atoms with Crippen LogP contribution in [0.5, 0.6) is 5.75 Å². The number of aromatic nitrogens is 2. The summed E-state index contributed by atoms with van der Waals surface area (Å²) >= 11 is 0. The molecule has 0 bridgehead atoms. The lowest BCUT2D eigenvalue weighted by Gasteiger charge is -2.37. The molecular weight excluding hydrogens is 489 g/mol. The van der Waals surface area contributed by atoms with E-state index in [0.717, 1.165) is 27.8 Å². The largest absolute Gasteiger partial charge is 0.482 e. The number of amides is 1. The second-order valence-electron chi connectivity index (χ2n) is 8.79. The van der Waals surface area contributed by atoms with Crippen molar-refractivity contribution in [2.24, 2.45) is 0 Å². The highest BCUT2D eigenvalue weighted by atomic mass is 19.1. The monoisotopic (exact) mass is 513 g/mol. The van der Waals surface area contributed by atoms with Crippen LogP contribution in [-0.2, 0) is 22.6 Å². The van der Waals surface area contributed by atoms with Crippen LogP contribution in [0.2, 0.25) is 0 Å². The molecule has 1 aliphatic rings. The van der Waals surface area contributed by atoms with Crippen LogP contribution in [0.25, 0.3) is 11.1 Å². The molecule has 192 valence electrons. The summed E-state index contributed by atoms with van der Waals surface area (Å²) < 4.78 is 25.8. The van der Waals surface area contributed by atoms with Gasteiger partial charge in [0, 0.05) is 30.1 Å². The molecule has 1 amide bonds. The Bertz CT molecular complexity index is 1450. The minimum atomic E-state index is -1.17. The first-order valence-corrected chi connectivity index (χ1v) is 12.0. The lowest BCUT2D eigenvalue weighted by molar-refractivity contribution is -0.139. The first-order valence-electron chi connectivity index (χ1n) is 12.0. The molecule has 4 aromatic rings. The average Bonchev–Trinajstić information content (AvgIpc) is 2.95. The Morgan fingerprint density at radius 2 is 1.76 bits per heavy atom. The molecule has 1 N–H and O–H groups in total. The zero-order chi connectivity index (χ0) is 26.5. The molecule has 0 aliphatic carbocycles. The Morgan fingerprint density at radius 3 is 2.53 bits per heavy atom. The zero-order valence-corrected chi connectivity index (χ0v) is 20.3. The number of ether oxygens (including phenoxy) is 2. The minimum Gasteiger partial charge on any atom is -0.482 e. The van der Waals surface area contributed by atoms with E-state index >= 15 is 0 Å². The van der Waals surface area contributed by atoms with Gasteiger partial charge >= 0.3 is 12.1 Å². The standard InChI is InChI=1S/C29H24FN3O5/c30-23-8-9-26(37-17-27(34)35)25(13-23)28-24-12-21(22-14-31-18-32-15-22)7-6-20(24)10-11-33(28)29(36)38-16-19-4-2-1-3-5-19/h1-9,12-15,18,28H,10-11,16-17H2,(H,34,35). The number of carbonyl (C=O) groups excluding carboxylic acids is 1. The predicted molar refractivity (Wildman–Crippen MR) is 136 cm³/mol. The van der Waals surface area contributed by atoms with Crippen molar-refractivity contribution in [2.45, 2.75) is 19.1 Å². The van der Waals surface area contributed by atoms with Crippen LogP contribution < -0.4 is 4.74 Å². The Labute approximate surface area is 218 Å². The molecule has 0 radical (unpaired) electrons. The van der Waals surface area contributed by atoms with Crippen LogP contribution in [0.1, 0.15) is 28.3 Å². The first kappa shape index (κ1) is 24.9. The molecule has 1 aromatic heterocycles. The summed E-state index contributed by atoms with van der Waals surface area (Å²) in [6.07, 6.45) is 4.78. The molecule has 2 heterocycles. The quantitative estimate of drug-likeness (QED) is 0.370. The third kappa shape index (κ3) is 5.46. The second-order valence-corrected chi connectivity index (χ2v) is 8.79. The summed E-state index contributed by atoms with van der Waals surface area (Å²) in [5.41, 5.74) is 4.47. The maximum Gasteiger partial charge on any atom is 0.410 e. The number of aliphatic carboxylic acids is 1. The van der Waals surface area contributed by atoms with Gasteiger partial charge in [0.05, 0.1) is 6.04 Å². The highest BCUT2D eigenvalue weighted by Gasteiger charge is 2.35. The van der Waals surface area contributed by atoms with E-state index in [2.05, 4.69) is 9.97 Å². The van der Waals surface area contributed by atoms with Gasteiger partial charge in [0.1, 0.15) is 24.5 Å². The van der Waals surface area contributed by atoms with Crippen LogP contribution in [0, 0.1) is 5.82 Å². The topological polar surface area (TPSA) is 102 Å². The molecule has 1 aliphatic heterocycles. The van der Waals surface area contributed by atoms with E-state index in [1.807, 2.05) is 48.5 Å². The fourth-order valence-corrected chi connectivity index (χ4v) is 4.58. The molecule has 5 rings (SSSR count). The number of nitrogens with zero attached hydrogens (tertiary/aromatic N) is 3. The second kappa shape index (κ2) is 11.1. The van der Waals surface area contributed by atoms with Crippen LogP contribution in [0.15, 0.2) is 85.5 Å². The molecule has 0 spiro atoms. The van der Waals surface area contributed by atoms with E-state index < -0.39 is 30.5 Å². The van der Waals surface area contributed by atoms with E-state index in [1.54, 1.807) is 12.4 Å². The molecule has 0 saturated carbocycles. The zero-order valence-electron chi connectivity index (χ0n) is 20.3. The maximum atomic E-state index is 14.6. The Hall–Kier alpha value is -4.79. The number of carbonyl (C=O) groups is 2. The number of rotatable bonds is 7. The van der Waals surface area contributed by atoms with Gasteiger partial charge in [-0.2, -0.15) is 0 Å². The number of hydrogen-bond donors (Lipinski definition) is 1. The van der Waals surface area contributed by atoms with E-state index in [9.17, 15) is 19.1 Å². The van der Waals surface area contributed by atoms with E-state index in [4.69, 9.17) is 9.47 Å². The number of benzene rings is 3. The SMILES string of the molecule is O=C(O)COc1ccc(F)cc1C1c2cc(-c3cncnc3)ccc2CCN1C(=O)OCc1ccccc1. The number of halogens is 1. The van der Waals surface area contributed by atoms with Gasteiger partial charge in [-0.1, -0.05) is 42.5 Å². The minimum absolute atomic E-state index is 0.0721. The normalized spacial score (nSPS) is 14.4. The molecule has 9 heteroatoms. The Kier molecular flexibility index (Phi) is 7.26. The molecule has 0 fully saturated rings. The number of hydrogen-bond acceptors (Lipinski definition) is 6. The maximum absolute atomic E-state index is 14.6. The number of fused-ring (bicyclic) bond motifs is 1. The van der Waals surface area contributed by atoms with Crippen molar-refractivity contribution >= 4 is 12.1 Å². The van der Waals surface area contributed by atoms with Crippen molar-refractivity contribution in [3.05, 3.63) is 114 Å². The van der Waals surface area contributed by atoms with Crippen molar-refractivity contribution in [1.29, 1.82) is 0 Å². The van der Waals surface area contributed by atoms with Gasteiger partial charge in [0.25, 0.3) is 0 Å². The number of carboxylic acid groups (broad SMARTS) is 1. The summed E-state index contributed by atoms with van der Waals surface area (Å²) in [6.45, 7) is -0.227. The lowest BCUT2D eigenvalue weighted by atomic mass is 9.86. The van der Waals surface area contributed by atoms with Gasteiger partial charge in [-0.15, -0.1) is 0 Å². The first-order chi connectivity index (χ1) is 18.5. The predicted octanol–water partition coefficient (Wildman–Crippen LogP) is 5.03. The molecule has 0 saturated heterocycles. The summed E-state index contributed by atoms with van der Waals surface area (Å²) in [5.74, 6) is -1.55. The molecule has 1 atom stereocenters. The summed E-state index contributed by atoms with van der Waals surface area (Å²) in [5, 5.41) is 9.17. The highest BCUT2D eigenvalue weighted by Crippen LogP contribution is 2.41. The lowest BCUT2D eigenvalue weighted by Crippen LogP contribution is -2.41. The molecule has 38 heavy (non-hydrogen) atoms. The summed E-state index contributed by atoms with van der Waals surface area (Å²) in [4.78, 5) is 34.4. The van der Waals surface area contributed by atoms with Gasteiger partial charge < -0.3 is 14.6 Å². The van der Waals surface area contributed by atoms with Gasteiger partial charge in [0.15, 0.2) is 6.61 Å². The fraction of sp³-hybridized carbons (Fsp3) is 0.172. The molecular formula is C29H24FN3O5. The van der Waals surface area contributed by atoms with E-state index in [-0.39, 0.29) is 12.4 Å². The van der Waals surface area contributed by atoms with Crippen LogP contribution in [0.4, 0.5) is 9.18 Å². The average molecular weight is 514 g/mol. The Morgan fingerprint density at radius 1 is 0.974 bits per heavy atom. The third-order valence-electron chi connectivity index (χ3n) is 6.33. The molecule has 3 aromatic carbocycles. The van der Waals surface area contributed by atoms with Crippen LogP contribution >= 0.6 is 0 Å². The summed E-state index contributed by atoms with van der Waals surface area (Å²) in [7, 11) is 0. The fourth-order valence-electron chi connectivity index (χ4n) is 4.58. The van der Waals surface area contributed by atoms with Gasteiger partial charge in [-0.05, 0) is 52.9 Å². The molecule has 8 nitrogen and oxygen atoms in total. The summed E-state index contributed by atoms with van der Waals surface area (Å²) in [6, 6.07) is 18.2. The van der Waals surface area contributed by atoms with Crippen molar-refractivity contribution in [2.75, 3.05) is 13.2 Å². The van der Waals surface area contributed by atoms with Crippen molar-refractivity contribution < 1.29 is 28.6 Å². The van der Waals surface area contributed by atoms with Crippen molar-refractivity contribution in [3.8, 4) is 16.9 Å². The van der Waals surface area contributed by atoms with Gasteiger partial charge in [-0.3, -0.25) is 4.90 Å². The van der Waals surface area contributed by atoms with Gasteiger partial charge in [-0.25, -0.2) is 23.9 Å². The van der Waals surface area contributed by atoms with E-state index in [0.29, 0.717) is 18.5 Å². The van der Waals surface area contributed by atoms with E-state index in [1.165, 1.54) is 29.4 Å². The number of carboxylic acids is 1. The van der Waals surface area contributed by atoms with Crippen LogP contribution in [-0.4, -0.2) is 45.2 Å².